The van der Waals surface area contributed by atoms with Gasteiger partial charge in [-0.15, -0.1) is 0 Å². The Morgan fingerprint density at radius 3 is 2.88 bits per heavy atom. The Labute approximate surface area is 145 Å². The van der Waals surface area contributed by atoms with Gasteiger partial charge in [0.1, 0.15) is 12.4 Å². The molecular weight excluding hydrogens is 325 g/mol. The first-order valence-electron chi connectivity index (χ1n) is 7.71. The first kappa shape index (κ1) is 17.3. The van der Waals surface area contributed by atoms with Crippen molar-refractivity contribution in [1.29, 1.82) is 0 Å². The second-order valence-electron chi connectivity index (χ2n) is 6.39. The van der Waals surface area contributed by atoms with E-state index in [1.807, 2.05) is 0 Å². The van der Waals surface area contributed by atoms with E-state index in [0.717, 1.165) is 5.56 Å². The van der Waals surface area contributed by atoms with Crippen LogP contribution in [0.3, 0.4) is 0 Å². The summed E-state index contributed by atoms with van der Waals surface area (Å²) in [5.41, 5.74) is 6.63. The van der Waals surface area contributed by atoms with Gasteiger partial charge in [0.15, 0.2) is 5.69 Å². The summed E-state index contributed by atoms with van der Waals surface area (Å²) in [7, 11) is -0.950. The van der Waals surface area contributed by atoms with Crippen LogP contribution in [0.5, 0.6) is 11.6 Å². The summed E-state index contributed by atoms with van der Waals surface area (Å²) >= 11 is 0. The number of carbonyl (C=O) groups is 1. The van der Waals surface area contributed by atoms with Gasteiger partial charge in [0.05, 0.1) is 19.0 Å². The van der Waals surface area contributed by atoms with Gasteiger partial charge in [-0.05, 0) is 25.4 Å². The first-order chi connectivity index (χ1) is 11.8. The molecule has 2 aromatic rings. The van der Waals surface area contributed by atoms with Crippen LogP contribution in [0, 0.1) is 0 Å². The smallest absolute Gasteiger partial charge is 0.459 e. The normalized spacial score (nSPS) is 13.5. The third kappa shape index (κ3) is 4.13. The summed E-state index contributed by atoms with van der Waals surface area (Å²) in [5.74, 6) is 0.128. The second kappa shape index (κ2) is 6.79. The lowest BCUT2D eigenvalue weighted by molar-refractivity contribution is 0.0425. The summed E-state index contributed by atoms with van der Waals surface area (Å²) in [6.07, 6.45) is 2.60. The van der Waals surface area contributed by atoms with Crippen LogP contribution in [0.4, 0.5) is 0 Å². The van der Waals surface area contributed by atoms with E-state index in [9.17, 15) is 9.82 Å². The van der Waals surface area contributed by atoms with Crippen molar-refractivity contribution in [3.8, 4) is 11.6 Å². The minimum atomic E-state index is -0.950. The minimum Gasteiger partial charge on any atom is -0.459 e. The molecule has 1 aromatic heterocycles. The SMILES string of the molecule is CC(C)(N)COC(=O)c1cnc(Oc2cccc3c2COB3O)cn1. The Morgan fingerprint density at radius 2 is 2.20 bits per heavy atom. The molecule has 130 valence electrons. The van der Waals surface area contributed by atoms with Gasteiger partial charge in [-0.1, -0.05) is 12.1 Å². The third-order valence-corrected chi connectivity index (χ3v) is 3.45. The number of nitrogens with two attached hydrogens (primary N) is 1. The molecule has 0 radical (unpaired) electrons. The fourth-order valence-corrected chi connectivity index (χ4v) is 2.23. The number of carbonyl (C=O) groups excluding carboxylic acids is 1. The van der Waals surface area contributed by atoms with Gasteiger partial charge >= 0.3 is 13.1 Å². The summed E-state index contributed by atoms with van der Waals surface area (Å²) in [5, 5.41) is 9.71. The second-order valence-corrected chi connectivity index (χ2v) is 6.39. The molecule has 1 aromatic carbocycles. The fourth-order valence-electron chi connectivity index (χ4n) is 2.23. The molecule has 0 spiro atoms. The molecular formula is C16H18BN3O5. The predicted octanol–water partition coefficient (Wildman–Crippen LogP) is 0.381. The molecule has 0 aliphatic carbocycles. The van der Waals surface area contributed by atoms with E-state index in [1.54, 1.807) is 32.0 Å². The van der Waals surface area contributed by atoms with Crippen molar-refractivity contribution < 1.29 is 23.9 Å². The van der Waals surface area contributed by atoms with Crippen molar-refractivity contribution in [2.75, 3.05) is 6.61 Å². The lowest BCUT2D eigenvalue weighted by atomic mass is 9.79. The van der Waals surface area contributed by atoms with Crippen molar-refractivity contribution in [3.63, 3.8) is 0 Å². The van der Waals surface area contributed by atoms with Gasteiger partial charge in [-0.2, -0.15) is 0 Å². The molecule has 0 amide bonds. The number of hydrogen-bond acceptors (Lipinski definition) is 8. The monoisotopic (exact) mass is 343 g/mol. The number of esters is 1. The molecule has 0 bridgehead atoms. The number of nitrogens with zero attached hydrogens (tertiary/aromatic N) is 2. The molecule has 0 fully saturated rings. The van der Waals surface area contributed by atoms with Crippen molar-refractivity contribution in [1.82, 2.24) is 9.97 Å². The van der Waals surface area contributed by atoms with Crippen molar-refractivity contribution in [2.45, 2.75) is 26.0 Å². The highest BCUT2D eigenvalue weighted by molar-refractivity contribution is 6.61. The van der Waals surface area contributed by atoms with Gasteiger partial charge in [0.25, 0.3) is 0 Å². The predicted molar refractivity (Wildman–Crippen MR) is 89.5 cm³/mol. The minimum absolute atomic E-state index is 0.0636. The zero-order valence-electron chi connectivity index (χ0n) is 13.9. The quantitative estimate of drug-likeness (QED) is 0.591. The van der Waals surface area contributed by atoms with Gasteiger partial charge < -0.3 is 24.9 Å². The lowest BCUT2D eigenvalue weighted by Crippen LogP contribution is -2.38. The number of benzene rings is 1. The average molecular weight is 343 g/mol. The van der Waals surface area contributed by atoms with Crippen LogP contribution < -0.4 is 15.9 Å². The Morgan fingerprint density at radius 1 is 1.40 bits per heavy atom. The molecule has 9 heteroatoms. The number of fused-ring (bicyclic) bond motifs is 1. The highest BCUT2D eigenvalue weighted by atomic mass is 16.5. The molecule has 0 saturated carbocycles. The highest BCUT2D eigenvalue weighted by Crippen LogP contribution is 2.26. The van der Waals surface area contributed by atoms with Crippen LogP contribution in [0.15, 0.2) is 30.6 Å². The average Bonchev–Trinajstić information content (AvgIpc) is 2.95. The van der Waals surface area contributed by atoms with E-state index in [1.165, 1.54) is 12.4 Å². The van der Waals surface area contributed by atoms with Crippen molar-refractivity contribution >= 4 is 18.6 Å². The molecule has 3 N–H and O–H groups in total. The Kier molecular flexibility index (Phi) is 4.71. The van der Waals surface area contributed by atoms with Gasteiger partial charge in [-0.25, -0.2) is 14.8 Å². The van der Waals surface area contributed by atoms with Crippen LogP contribution >= 0.6 is 0 Å². The summed E-state index contributed by atoms with van der Waals surface area (Å²) in [4.78, 5) is 19.9. The lowest BCUT2D eigenvalue weighted by Gasteiger charge is -2.17. The highest BCUT2D eigenvalue weighted by Gasteiger charge is 2.29. The van der Waals surface area contributed by atoms with E-state index in [0.29, 0.717) is 11.2 Å². The maximum atomic E-state index is 11.9. The summed E-state index contributed by atoms with van der Waals surface area (Å²) in [6, 6.07) is 5.26. The topological polar surface area (TPSA) is 117 Å². The van der Waals surface area contributed by atoms with E-state index in [-0.39, 0.29) is 24.8 Å². The standard InChI is InChI=1S/C16H18BN3O5/c1-16(2,18)9-23-15(21)12-6-20-14(7-19-12)25-13-5-3-4-11-10(13)8-24-17(11)22/h3-7,22H,8-9,18H2,1-2H3. The zero-order chi connectivity index (χ0) is 18.0. The van der Waals surface area contributed by atoms with Crippen molar-refractivity contribution in [3.05, 3.63) is 41.9 Å². The summed E-state index contributed by atoms with van der Waals surface area (Å²) in [6.45, 7) is 3.83. The molecule has 25 heavy (non-hydrogen) atoms. The number of aromatic nitrogens is 2. The van der Waals surface area contributed by atoms with E-state index in [4.69, 9.17) is 19.9 Å². The van der Waals surface area contributed by atoms with Gasteiger partial charge in [-0.3, -0.25) is 0 Å². The van der Waals surface area contributed by atoms with Crippen LogP contribution in [0.1, 0.15) is 29.9 Å². The van der Waals surface area contributed by atoms with Crippen LogP contribution in [-0.4, -0.2) is 40.2 Å². The Hall–Kier alpha value is -2.49. The molecule has 0 saturated heterocycles. The van der Waals surface area contributed by atoms with Gasteiger partial charge in [0.2, 0.25) is 5.88 Å². The van der Waals surface area contributed by atoms with Crippen LogP contribution in [0.2, 0.25) is 0 Å². The Bertz CT molecular complexity index is 776. The van der Waals surface area contributed by atoms with Gasteiger partial charge in [0, 0.05) is 11.1 Å². The molecule has 3 rings (SSSR count). The fraction of sp³-hybridized carbons (Fsp3) is 0.312. The van der Waals surface area contributed by atoms with E-state index in [2.05, 4.69) is 9.97 Å². The molecule has 1 aliphatic rings. The number of ether oxygens (including phenoxy) is 2. The zero-order valence-corrected chi connectivity index (χ0v) is 13.9. The van der Waals surface area contributed by atoms with E-state index < -0.39 is 18.6 Å². The molecule has 0 atom stereocenters. The molecule has 2 heterocycles. The molecule has 1 aliphatic heterocycles. The first-order valence-corrected chi connectivity index (χ1v) is 7.71. The maximum absolute atomic E-state index is 11.9. The van der Waals surface area contributed by atoms with Crippen molar-refractivity contribution in [2.24, 2.45) is 5.73 Å². The third-order valence-electron chi connectivity index (χ3n) is 3.45. The number of hydrogen-bond donors (Lipinski definition) is 2. The summed E-state index contributed by atoms with van der Waals surface area (Å²) < 4.78 is 15.9. The molecule has 0 unspecified atom stereocenters. The van der Waals surface area contributed by atoms with E-state index >= 15 is 0 Å². The van der Waals surface area contributed by atoms with Crippen LogP contribution in [0.25, 0.3) is 0 Å². The number of rotatable bonds is 5. The molecule has 8 nitrogen and oxygen atoms in total. The Balaban J connectivity index is 1.69. The largest absolute Gasteiger partial charge is 0.491 e. The maximum Gasteiger partial charge on any atom is 0.491 e. The van der Waals surface area contributed by atoms with Crippen LogP contribution in [-0.2, 0) is 16.0 Å².